The summed E-state index contributed by atoms with van der Waals surface area (Å²) in [6.07, 6.45) is 4.98. The molecule has 2 atom stereocenters. The third-order valence-corrected chi connectivity index (χ3v) is 6.17. The van der Waals surface area contributed by atoms with Gasteiger partial charge < -0.3 is 9.64 Å². The minimum Gasteiger partial charge on any atom is -0.378 e. The van der Waals surface area contributed by atoms with Gasteiger partial charge in [0.05, 0.1) is 13.2 Å². The maximum atomic E-state index is 12.8. The summed E-state index contributed by atoms with van der Waals surface area (Å²) in [5.41, 5.74) is 2.90. The molecule has 0 N–H and O–H groups in total. The lowest BCUT2D eigenvalue weighted by molar-refractivity contribution is -0.119. The Kier molecular flexibility index (Phi) is 6.14. The van der Waals surface area contributed by atoms with Crippen LogP contribution in [0.3, 0.4) is 0 Å². The molecule has 1 amide bonds. The number of morpholine rings is 1. The first-order valence-corrected chi connectivity index (χ1v) is 10.5. The van der Waals surface area contributed by atoms with E-state index < -0.39 is 0 Å². The molecule has 1 aliphatic carbocycles. The highest BCUT2D eigenvalue weighted by Crippen LogP contribution is 2.48. The highest BCUT2D eigenvalue weighted by Gasteiger charge is 2.43. The van der Waals surface area contributed by atoms with E-state index in [2.05, 4.69) is 11.1 Å². The molecule has 2 fully saturated rings. The number of hydrogen-bond donors (Lipinski definition) is 0. The van der Waals surface area contributed by atoms with Crippen LogP contribution in [0.4, 0.5) is 0 Å². The van der Waals surface area contributed by atoms with E-state index in [0.29, 0.717) is 44.1 Å². The van der Waals surface area contributed by atoms with Crippen molar-refractivity contribution in [2.45, 2.75) is 26.2 Å². The molecule has 0 bridgehead atoms. The number of amides is 1. The van der Waals surface area contributed by atoms with Gasteiger partial charge in [0.15, 0.2) is 0 Å². The summed E-state index contributed by atoms with van der Waals surface area (Å²) in [4.78, 5) is 31.3. The van der Waals surface area contributed by atoms with Gasteiger partial charge in [0, 0.05) is 48.8 Å². The fourth-order valence-electron chi connectivity index (χ4n) is 4.32. The minimum absolute atomic E-state index is 0. The number of ether oxygens (including phenoxy) is 1. The Morgan fingerprint density at radius 3 is 2.55 bits per heavy atom. The number of ketones is 1. The van der Waals surface area contributed by atoms with E-state index in [9.17, 15) is 9.59 Å². The van der Waals surface area contributed by atoms with Crippen molar-refractivity contribution in [3.05, 3.63) is 77.6 Å². The number of benzene rings is 2. The van der Waals surface area contributed by atoms with Gasteiger partial charge >= 0.3 is 0 Å². The Hall–Kier alpha value is -3.05. The Morgan fingerprint density at radius 2 is 1.77 bits per heavy atom. The van der Waals surface area contributed by atoms with Gasteiger partial charge in [-0.1, -0.05) is 37.8 Å². The number of Topliss-reactive ketones (excluding diaryl/α,β-unsaturated/α-hetero) is 1. The van der Waals surface area contributed by atoms with E-state index in [4.69, 9.17) is 4.74 Å². The van der Waals surface area contributed by atoms with Gasteiger partial charge in [-0.3, -0.25) is 14.6 Å². The summed E-state index contributed by atoms with van der Waals surface area (Å²) in [5.74, 6) is 0.704. The maximum absolute atomic E-state index is 12.8. The van der Waals surface area contributed by atoms with Crippen LogP contribution < -0.4 is 0 Å². The number of aromatic nitrogens is 1. The lowest BCUT2D eigenvalue weighted by Crippen LogP contribution is -2.40. The zero-order chi connectivity index (χ0) is 20.5. The van der Waals surface area contributed by atoms with Crippen LogP contribution in [-0.2, 0) is 16.0 Å². The molecule has 31 heavy (non-hydrogen) atoms. The van der Waals surface area contributed by atoms with E-state index in [1.807, 2.05) is 53.6 Å². The van der Waals surface area contributed by atoms with E-state index >= 15 is 0 Å². The molecule has 5 nitrogen and oxygen atoms in total. The Morgan fingerprint density at radius 1 is 1.00 bits per heavy atom. The van der Waals surface area contributed by atoms with E-state index in [1.165, 1.54) is 0 Å². The fraction of sp³-hybridized carbons (Fsp3) is 0.346. The van der Waals surface area contributed by atoms with E-state index in [1.54, 1.807) is 6.20 Å². The van der Waals surface area contributed by atoms with Crippen LogP contribution in [0.15, 0.2) is 60.9 Å². The van der Waals surface area contributed by atoms with Crippen molar-refractivity contribution in [3.63, 3.8) is 0 Å². The number of carbonyl (C=O) groups excluding carboxylic acids is 2. The van der Waals surface area contributed by atoms with Gasteiger partial charge in [-0.05, 0) is 47.1 Å². The van der Waals surface area contributed by atoms with Crippen molar-refractivity contribution in [3.8, 4) is 0 Å². The molecular formula is C26H28N2O3. The molecule has 1 saturated heterocycles. The predicted octanol–water partition coefficient (Wildman–Crippen LogP) is 4.26. The molecule has 0 spiro atoms. The number of fused-ring (bicyclic) bond motifs is 1. The second-order valence-corrected chi connectivity index (χ2v) is 8.18. The average Bonchev–Trinajstić information content (AvgIpc) is 3.60. The molecule has 0 unspecified atom stereocenters. The molecule has 5 heteroatoms. The van der Waals surface area contributed by atoms with Crippen molar-refractivity contribution in [1.29, 1.82) is 0 Å². The standard InChI is InChI=1S/C25H24N2O3.CH4/c28-24(14-17-1-2-21-16-26-8-7-20(21)13-17)23-15-22(23)18-3-5-19(6-4-18)25(29)27-9-11-30-12-10-27;/h1-8,13,16,22-23H,9-12,14-15H2;1H4/t22-,23+;/m0./s1. The molecule has 3 aromatic rings. The Balaban J connectivity index is 0.00000231. The molecule has 2 aromatic carbocycles. The molecule has 1 saturated carbocycles. The van der Waals surface area contributed by atoms with Crippen LogP contribution >= 0.6 is 0 Å². The summed E-state index contributed by atoms with van der Waals surface area (Å²) < 4.78 is 5.31. The Bertz CT molecular complexity index is 1090. The van der Waals surface area contributed by atoms with Gasteiger partial charge in [0.2, 0.25) is 0 Å². The highest BCUT2D eigenvalue weighted by molar-refractivity contribution is 5.94. The summed E-state index contributed by atoms with van der Waals surface area (Å²) in [7, 11) is 0. The number of pyridine rings is 1. The van der Waals surface area contributed by atoms with Crippen LogP contribution in [0.2, 0.25) is 0 Å². The number of hydrogen-bond acceptors (Lipinski definition) is 4. The third-order valence-electron chi connectivity index (χ3n) is 6.17. The zero-order valence-electron chi connectivity index (χ0n) is 16.8. The SMILES string of the molecule is C.O=C(Cc1ccc2cnccc2c1)[C@@H]1C[C@H]1c1ccc(C(=O)N2CCOCC2)cc1. The summed E-state index contributed by atoms with van der Waals surface area (Å²) in [5, 5.41) is 2.20. The van der Waals surface area contributed by atoms with Crippen molar-refractivity contribution in [2.75, 3.05) is 26.3 Å². The van der Waals surface area contributed by atoms with Crippen molar-refractivity contribution in [2.24, 2.45) is 5.92 Å². The first kappa shape index (κ1) is 21.2. The minimum atomic E-state index is 0. The van der Waals surface area contributed by atoms with Crippen molar-refractivity contribution < 1.29 is 14.3 Å². The van der Waals surface area contributed by atoms with Crippen LogP contribution in [0, 0.1) is 5.92 Å². The maximum Gasteiger partial charge on any atom is 0.254 e. The van der Waals surface area contributed by atoms with Crippen LogP contribution in [0.1, 0.15) is 41.3 Å². The topological polar surface area (TPSA) is 59.5 Å². The molecular weight excluding hydrogens is 388 g/mol. The average molecular weight is 417 g/mol. The summed E-state index contributed by atoms with van der Waals surface area (Å²) in [6, 6.07) is 15.9. The second kappa shape index (κ2) is 8.98. The number of rotatable bonds is 5. The molecule has 1 aliphatic heterocycles. The van der Waals surface area contributed by atoms with Crippen molar-refractivity contribution >= 4 is 22.5 Å². The van der Waals surface area contributed by atoms with Gasteiger partial charge in [0.25, 0.3) is 5.91 Å². The predicted molar refractivity (Wildman–Crippen MR) is 121 cm³/mol. The monoisotopic (exact) mass is 416 g/mol. The molecule has 5 rings (SSSR count). The number of carbonyl (C=O) groups is 2. The summed E-state index contributed by atoms with van der Waals surface area (Å²) in [6.45, 7) is 2.49. The molecule has 160 valence electrons. The van der Waals surface area contributed by atoms with E-state index in [0.717, 1.165) is 28.3 Å². The molecule has 2 heterocycles. The van der Waals surface area contributed by atoms with Crippen LogP contribution in [-0.4, -0.2) is 47.9 Å². The first-order chi connectivity index (χ1) is 14.7. The quantitative estimate of drug-likeness (QED) is 0.624. The van der Waals surface area contributed by atoms with Gasteiger partial charge in [-0.2, -0.15) is 0 Å². The van der Waals surface area contributed by atoms with Crippen LogP contribution in [0.25, 0.3) is 10.8 Å². The smallest absolute Gasteiger partial charge is 0.254 e. The molecule has 0 radical (unpaired) electrons. The second-order valence-electron chi connectivity index (χ2n) is 8.18. The first-order valence-electron chi connectivity index (χ1n) is 10.5. The van der Waals surface area contributed by atoms with Gasteiger partial charge in [0.1, 0.15) is 5.78 Å². The van der Waals surface area contributed by atoms with Gasteiger partial charge in [-0.25, -0.2) is 0 Å². The normalized spacial score (nSPS) is 20.2. The Labute approximate surface area is 183 Å². The lowest BCUT2D eigenvalue weighted by Gasteiger charge is -2.26. The zero-order valence-corrected chi connectivity index (χ0v) is 16.8. The summed E-state index contributed by atoms with van der Waals surface area (Å²) >= 11 is 0. The van der Waals surface area contributed by atoms with Gasteiger partial charge in [-0.15, -0.1) is 0 Å². The molecule has 1 aromatic heterocycles. The molecule has 2 aliphatic rings. The largest absolute Gasteiger partial charge is 0.378 e. The van der Waals surface area contributed by atoms with Crippen molar-refractivity contribution in [1.82, 2.24) is 9.88 Å². The number of nitrogens with zero attached hydrogens (tertiary/aromatic N) is 2. The fourth-order valence-corrected chi connectivity index (χ4v) is 4.32. The van der Waals surface area contributed by atoms with E-state index in [-0.39, 0.29) is 25.2 Å². The van der Waals surface area contributed by atoms with Crippen LogP contribution in [0.5, 0.6) is 0 Å². The highest BCUT2D eigenvalue weighted by atomic mass is 16.5. The lowest BCUT2D eigenvalue weighted by atomic mass is 10.00. The third kappa shape index (κ3) is 4.52.